The summed E-state index contributed by atoms with van der Waals surface area (Å²) >= 11 is 0. The molecule has 0 spiro atoms. The molecule has 0 unspecified atom stereocenters. The summed E-state index contributed by atoms with van der Waals surface area (Å²) in [6.45, 7) is 13.1. The van der Waals surface area contributed by atoms with Gasteiger partial charge in [0.25, 0.3) is 0 Å². The molecule has 0 saturated heterocycles. The van der Waals surface area contributed by atoms with Gasteiger partial charge in [-0.2, -0.15) is 0 Å². The normalized spacial score (nSPS) is 13.8. The van der Waals surface area contributed by atoms with E-state index >= 15 is 0 Å². The van der Waals surface area contributed by atoms with E-state index in [0.717, 1.165) is 18.1 Å². The molecule has 0 heterocycles. The number of allylic oxidation sites excluding steroid dienone is 2. The van der Waals surface area contributed by atoms with Crippen LogP contribution in [0.4, 0.5) is 0 Å². The second-order valence-electron chi connectivity index (χ2n) is 4.66. The fourth-order valence-electron chi connectivity index (χ4n) is 0.926. The lowest BCUT2D eigenvalue weighted by Gasteiger charge is -2.19. The Labute approximate surface area is 78.0 Å². The van der Waals surface area contributed by atoms with E-state index in [2.05, 4.69) is 46.5 Å². The Kier molecular flexibility index (Phi) is 4.61. The largest absolute Gasteiger partial charge is 0.548 e. The molecule has 0 aromatic rings. The van der Waals surface area contributed by atoms with Crippen molar-refractivity contribution in [2.75, 3.05) is 0 Å². The number of rotatable bonds is 4. The molecule has 0 N–H and O–H groups in total. The minimum atomic E-state index is -1.36. The number of hydrogen-bond acceptors (Lipinski definition) is 1. The third kappa shape index (κ3) is 7.86. The SMILES string of the molecule is CC(=CCC(C)C)O[Si](C)(C)C. The molecule has 72 valence electrons. The first kappa shape index (κ1) is 11.8. The standard InChI is InChI=1S/C10H22OSi/c1-9(2)7-8-10(3)11-12(4,5)6/h8-9H,7H2,1-6H3. The van der Waals surface area contributed by atoms with Crippen LogP contribution in [-0.4, -0.2) is 8.32 Å². The first-order valence-corrected chi connectivity index (χ1v) is 8.08. The second-order valence-corrected chi connectivity index (χ2v) is 9.09. The predicted octanol–water partition coefficient (Wildman–Crippen LogP) is 3.79. The molecule has 0 aromatic heterocycles. The molecule has 12 heavy (non-hydrogen) atoms. The van der Waals surface area contributed by atoms with Gasteiger partial charge in [-0.3, -0.25) is 0 Å². The van der Waals surface area contributed by atoms with E-state index in [1.165, 1.54) is 0 Å². The quantitative estimate of drug-likeness (QED) is 0.479. The van der Waals surface area contributed by atoms with Gasteiger partial charge in [-0.15, -0.1) is 0 Å². The van der Waals surface area contributed by atoms with Gasteiger partial charge < -0.3 is 4.43 Å². The first-order chi connectivity index (χ1) is 5.31. The molecule has 1 nitrogen and oxygen atoms in total. The molecule has 0 aromatic carbocycles. The van der Waals surface area contributed by atoms with Crippen molar-refractivity contribution in [3.8, 4) is 0 Å². The molecule has 0 aliphatic rings. The van der Waals surface area contributed by atoms with Crippen molar-refractivity contribution in [3.63, 3.8) is 0 Å². The maximum atomic E-state index is 5.79. The summed E-state index contributed by atoms with van der Waals surface area (Å²) in [5.74, 6) is 1.83. The van der Waals surface area contributed by atoms with Crippen LogP contribution in [0.1, 0.15) is 27.2 Å². The van der Waals surface area contributed by atoms with Crippen LogP contribution in [0.25, 0.3) is 0 Å². The Balaban J connectivity index is 3.86. The molecule has 0 saturated carbocycles. The molecule has 0 aliphatic heterocycles. The summed E-state index contributed by atoms with van der Waals surface area (Å²) in [5, 5.41) is 0. The summed E-state index contributed by atoms with van der Waals surface area (Å²) in [6, 6.07) is 0. The lowest BCUT2D eigenvalue weighted by molar-refractivity contribution is 0.419. The van der Waals surface area contributed by atoms with Crippen molar-refractivity contribution in [1.29, 1.82) is 0 Å². The van der Waals surface area contributed by atoms with Crippen LogP contribution in [0.2, 0.25) is 19.6 Å². The number of hydrogen-bond donors (Lipinski definition) is 0. The average molecular weight is 186 g/mol. The third-order valence-electron chi connectivity index (χ3n) is 1.34. The monoisotopic (exact) mass is 186 g/mol. The average Bonchev–Trinajstić information content (AvgIpc) is 1.79. The summed E-state index contributed by atoms with van der Waals surface area (Å²) < 4.78 is 5.79. The van der Waals surface area contributed by atoms with E-state index < -0.39 is 8.32 Å². The van der Waals surface area contributed by atoms with Crippen molar-refractivity contribution < 1.29 is 4.43 Å². The van der Waals surface area contributed by atoms with Crippen LogP contribution in [-0.2, 0) is 4.43 Å². The molecule has 2 heteroatoms. The fraction of sp³-hybridized carbons (Fsp3) is 0.800. The van der Waals surface area contributed by atoms with Gasteiger partial charge in [-0.1, -0.05) is 13.8 Å². The highest BCUT2D eigenvalue weighted by atomic mass is 28.4. The second kappa shape index (κ2) is 4.70. The molecule has 0 bridgehead atoms. The van der Waals surface area contributed by atoms with Crippen LogP contribution in [0, 0.1) is 5.92 Å². The van der Waals surface area contributed by atoms with E-state index in [9.17, 15) is 0 Å². The van der Waals surface area contributed by atoms with Crippen molar-refractivity contribution >= 4 is 8.32 Å². The highest BCUT2D eigenvalue weighted by molar-refractivity contribution is 6.70. The fourth-order valence-corrected chi connectivity index (χ4v) is 1.98. The maximum Gasteiger partial charge on any atom is 0.241 e. The smallest absolute Gasteiger partial charge is 0.241 e. The molecule has 0 amide bonds. The zero-order valence-electron chi connectivity index (χ0n) is 9.27. The summed E-state index contributed by atoms with van der Waals surface area (Å²) in [7, 11) is -1.36. The van der Waals surface area contributed by atoms with E-state index in [4.69, 9.17) is 4.43 Å². The lowest BCUT2D eigenvalue weighted by Crippen LogP contribution is -2.24. The van der Waals surface area contributed by atoms with Gasteiger partial charge in [0, 0.05) is 0 Å². The Morgan fingerprint density at radius 1 is 1.33 bits per heavy atom. The van der Waals surface area contributed by atoms with Crippen molar-refractivity contribution in [2.24, 2.45) is 5.92 Å². The van der Waals surface area contributed by atoms with E-state index in [1.807, 2.05) is 0 Å². The minimum absolute atomic E-state index is 0.727. The molecule has 0 atom stereocenters. The Morgan fingerprint density at radius 2 is 1.83 bits per heavy atom. The van der Waals surface area contributed by atoms with Gasteiger partial charge in [0.15, 0.2) is 0 Å². The minimum Gasteiger partial charge on any atom is -0.548 e. The Hall–Kier alpha value is -0.243. The topological polar surface area (TPSA) is 9.23 Å². The molecule has 0 radical (unpaired) electrons. The van der Waals surface area contributed by atoms with Crippen LogP contribution in [0.15, 0.2) is 11.8 Å². The van der Waals surface area contributed by atoms with Gasteiger partial charge in [0.05, 0.1) is 5.76 Å². The Morgan fingerprint density at radius 3 is 2.17 bits per heavy atom. The Bertz CT molecular complexity index is 154. The van der Waals surface area contributed by atoms with Crippen molar-refractivity contribution in [1.82, 2.24) is 0 Å². The summed E-state index contributed by atoms with van der Waals surface area (Å²) in [4.78, 5) is 0. The highest BCUT2D eigenvalue weighted by Crippen LogP contribution is 2.11. The van der Waals surface area contributed by atoms with E-state index in [-0.39, 0.29) is 0 Å². The zero-order valence-corrected chi connectivity index (χ0v) is 10.3. The van der Waals surface area contributed by atoms with Gasteiger partial charge in [0.2, 0.25) is 8.32 Å². The molecule has 0 fully saturated rings. The maximum absolute atomic E-state index is 5.79. The van der Waals surface area contributed by atoms with Crippen molar-refractivity contribution in [3.05, 3.63) is 11.8 Å². The van der Waals surface area contributed by atoms with Gasteiger partial charge >= 0.3 is 0 Å². The van der Waals surface area contributed by atoms with Crippen LogP contribution in [0.3, 0.4) is 0 Å². The van der Waals surface area contributed by atoms with E-state index in [0.29, 0.717) is 0 Å². The van der Waals surface area contributed by atoms with Crippen LogP contribution in [0.5, 0.6) is 0 Å². The van der Waals surface area contributed by atoms with Gasteiger partial charge in [-0.05, 0) is 45.0 Å². The predicted molar refractivity (Wildman–Crippen MR) is 57.6 cm³/mol. The van der Waals surface area contributed by atoms with Crippen LogP contribution < -0.4 is 0 Å². The molecule has 0 rings (SSSR count). The van der Waals surface area contributed by atoms with Crippen molar-refractivity contribution in [2.45, 2.75) is 46.8 Å². The molecule has 0 aliphatic carbocycles. The van der Waals surface area contributed by atoms with Crippen LogP contribution >= 0.6 is 0 Å². The molecular formula is C10H22OSi. The highest BCUT2D eigenvalue weighted by Gasteiger charge is 2.15. The molecular weight excluding hydrogens is 164 g/mol. The first-order valence-electron chi connectivity index (χ1n) is 4.67. The zero-order chi connectivity index (χ0) is 9.78. The van der Waals surface area contributed by atoms with Gasteiger partial charge in [-0.25, -0.2) is 0 Å². The lowest BCUT2D eigenvalue weighted by atomic mass is 10.1. The summed E-state index contributed by atoms with van der Waals surface area (Å²) in [6.07, 6.45) is 3.32. The van der Waals surface area contributed by atoms with Gasteiger partial charge in [0.1, 0.15) is 0 Å². The van der Waals surface area contributed by atoms with E-state index in [1.54, 1.807) is 0 Å². The summed E-state index contributed by atoms with van der Waals surface area (Å²) in [5.41, 5.74) is 0. The third-order valence-corrected chi connectivity index (χ3v) is 2.28.